The SMILES string of the molecule is CCn1c(CC(C)(C(=O)O)C(C)C)nc2cnccc21. The number of hydrogen-bond donors (Lipinski definition) is 1. The highest BCUT2D eigenvalue weighted by Crippen LogP contribution is 2.32. The zero-order valence-electron chi connectivity index (χ0n) is 12.4. The van der Waals surface area contributed by atoms with Crippen LogP contribution in [0.25, 0.3) is 11.0 Å². The van der Waals surface area contributed by atoms with E-state index >= 15 is 0 Å². The minimum Gasteiger partial charge on any atom is -0.481 e. The molecule has 2 aromatic rings. The molecule has 0 saturated heterocycles. The third kappa shape index (κ3) is 2.28. The van der Waals surface area contributed by atoms with Crippen LogP contribution in [0, 0.1) is 11.3 Å². The van der Waals surface area contributed by atoms with Crippen LogP contribution in [0.5, 0.6) is 0 Å². The van der Waals surface area contributed by atoms with Crippen molar-refractivity contribution < 1.29 is 9.90 Å². The van der Waals surface area contributed by atoms with Gasteiger partial charge in [-0.25, -0.2) is 4.98 Å². The molecule has 0 bridgehead atoms. The number of hydrogen-bond acceptors (Lipinski definition) is 3. The van der Waals surface area contributed by atoms with Gasteiger partial charge in [0.1, 0.15) is 11.3 Å². The Morgan fingerprint density at radius 1 is 1.50 bits per heavy atom. The van der Waals surface area contributed by atoms with Gasteiger partial charge >= 0.3 is 5.97 Å². The van der Waals surface area contributed by atoms with Crippen molar-refractivity contribution in [3.63, 3.8) is 0 Å². The second-order valence-corrected chi connectivity index (χ2v) is 5.69. The van der Waals surface area contributed by atoms with Gasteiger partial charge in [-0.2, -0.15) is 0 Å². The average molecular weight is 275 g/mol. The predicted molar refractivity (Wildman–Crippen MR) is 77.5 cm³/mol. The molecular formula is C15H21N3O2. The lowest BCUT2D eigenvalue weighted by atomic mass is 9.76. The van der Waals surface area contributed by atoms with Crippen LogP contribution < -0.4 is 0 Å². The Morgan fingerprint density at radius 3 is 2.75 bits per heavy atom. The molecule has 0 spiro atoms. The van der Waals surface area contributed by atoms with Crippen LogP contribution in [0.15, 0.2) is 18.5 Å². The van der Waals surface area contributed by atoms with Gasteiger partial charge in [0.25, 0.3) is 0 Å². The van der Waals surface area contributed by atoms with Crippen LogP contribution >= 0.6 is 0 Å². The molecule has 0 fully saturated rings. The van der Waals surface area contributed by atoms with Crippen molar-refractivity contribution in [1.29, 1.82) is 0 Å². The number of fused-ring (bicyclic) bond motifs is 1. The number of imidazole rings is 1. The molecule has 1 N–H and O–H groups in total. The summed E-state index contributed by atoms with van der Waals surface area (Å²) in [6.45, 7) is 8.48. The summed E-state index contributed by atoms with van der Waals surface area (Å²) >= 11 is 0. The van der Waals surface area contributed by atoms with E-state index in [0.717, 1.165) is 23.4 Å². The Labute approximate surface area is 118 Å². The number of aryl methyl sites for hydroxylation is 1. The van der Waals surface area contributed by atoms with Crippen molar-refractivity contribution in [2.75, 3.05) is 0 Å². The van der Waals surface area contributed by atoms with E-state index in [1.807, 2.05) is 26.8 Å². The number of carboxylic acids is 1. The Hall–Kier alpha value is -1.91. The fraction of sp³-hybridized carbons (Fsp3) is 0.533. The summed E-state index contributed by atoms with van der Waals surface area (Å²) in [5.74, 6) is 0.0673. The Kier molecular flexibility index (Phi) is 3.79. The molecule has 108 valence electrons. The number of pyridine rings is 1. The Bertz CT molecular complexity index is 633. The van der Waals surface area contributed by atoms with Gasteiger partial charge in [-0.1, -0.05) is 13.8 Å². The number of aromatic nitrogens is 3. The highest BCUT2D eigenvalue weighted by Gasteiger charge is 2.38. The molecular weight excluding hydrogens is 254 g/mol. The van der Waals surface area contributed by atoms with E-state index in [1.54, 1.807) is 19.3 Å². The first-order valence-corrected chi connectivity index (χ1v) is 6.92. The van der Waals surface area contributed by atoms with E-state index in [-0.39, 0.29) is 5.92 Å². The van der Waals surface area contributed by atoms with Crippen molar-refractivity contribution in [3.05, 3.63) is 24.3 Å². The highest BCUT2D eigenvalue weighted by molar-refractivity contribution is 5.77. The molecule has 0 saturated carbocycles. The lowest BCUT2D eigenvalue weighted by Crippen LogP contribution is -2.36. The monoisotopic (exact) mass is 275 g/mol. The van der Waals surface area contributed by atoms with Crippen molar-refractivity contribution in [3.8, 4) is 0 Å². The van der Waals surface area contributed by atoms with E-state index in [9.17, 15) is 9.90 Å². The molecule has 0 aliphatic rings. The van der Waals surface area contributed by atoms with Crippen molar-refractivity contribution in [2.45, 2.75) is 40.7 Å². The molecule has 5 heteroatoms. The van der Waals surface area contributed by atoms with E-state index in [1.165, 1.54) is 0 Å². The topological polar surface area (TPSA) is 68.0 Å². The molecule has 1 atom stereocenters. The molecule has 0 radical (unpaired) electrons. The van der Waals surface area contributed by atoms with Crippen LogP contribution in [-0.4, -0.2) is 25.6 Å². The van der Waals surface area contributed by atoms with Crippen LogP contribution in [0.4, 0.5) is 0 Å². The number of rotatable bonds is 5. The molecule has 0 aromatic carbocycles. The maximum atomic E-state index is 11.6. The molecule has 5 nitrogen and oxygen atoms in total. The van der Waals surface area contributed by atoms with Crippen LogP contribution in [0.1, 0.15) is 33.5 Å². The van der Waals surface area contributed by atoms with Crippen molar-refractivity contribution in [1.82, 2.24) is 14.5 Å². The van der Waals surface area contributed by atoms with Crippen LogP contribution in [0.3, 0.4) is 0 Å². The fourth-order valence-corrected chi connectivity index (χ4v) is 2.37. The van der Waals surface area contributed by atoms with Crippen LogP contribution in [0.2, 0.25) is 0 Å². The summed E-state index contributed by atoms with van der Waals surface area (Å²) in [7, 11) is 0. The van der Waals surface area contributed by atoms with Gasteiger partial charge in [0.05, 0.1) is 17.1 Å². The molecule has 1 unspecified atom stereocenters. The smallest absolute Gasteiger partial charge is 0.310 e. The van der Waals surface area contributed by atoms with E-state index in [0.29, 0.717) is 6.42 Å². The summed E-state index contributed by atoms with van der Waals surface area (Å²) in [4.78, 5) is 20.3. The molecule has 0 aliphatic carbocycles. The number of aliphatic carboxylic acids is 1. The maximum absolute atomic E-state index is 11.6. The van der Waals surface area contributed by atoms with Crippen molar-refractivity contribution >= 4 is 17.0 Å². The van der Waals surface area contributed by atoms with Gasteiger partial charge in [0.15, 0.2) is 0 Å². The molecule has 2 aromatic heterocycles. The first kappa shape index (κ1) is 14.5. The summed E-state index contributed by atoms with van der Waals surface area (Å²) in [5, 5.41) is 9.55. The number of carboxylic acid groups (broad SMARTS) is 1. The first-order valence-electron chi connectivity index (χ1n) is 6.92. The van der Waals surface area contributed by atoms with E-state index in [4.69, 9.17) is 0 Å². The summed E-state index contributed by atoms with van der Waals surface area (Å²) in [5.41, 5.74) is 1.01. The maximum Gasteiger partial charge on any atom is 0.310 e. The second-order valence-electron chi connectivity index (χ2n) is 5.69. The average Bonchev–Trinajstić information content (AvgIpc) is 2.74. The minimum absolute atomic E-state index is 0.0308. The Morgan fingerprint density at radius 2 is 2.20 bits per heavy atom. The second kappa shape index (κ2) is 5.23. The first-order chi connectivity index (χ1) is 9.40. The van der Waals surface area contributed by atoms with E-state index < -0.39 is 11.4 Å². The van der Waals surface area contributed by atoms with Gasteiger partial charge < -0.3 is 9.67 Å². The van der Waals surface area contributed by atoms with Gasteiger partial charge in [0, 0.05) is 19.2 Å². The van der Waals surface area contributed by atoms with Gasteiger partial charge in [0.2, 0.25) is 0 Å². The van der Waals surface area contributed by atoms with Crippen LogP contribution in [-0.2, 0) is 17.8 Å². The molecule has 20 heavy (non-hydrogen) atoms. The lowest BCUT2D eigenvalue weighted by Gasteiger charge is -2.28. The highest BCUT2D eigenvalue weighted by atomic mass is 16.4. The molecule has 2 rings (SSSR count). The number of nitrogens with zero attached hydrogens (tertiary/aromatic N) is 3. The largest absolute Gasteiger partial charge is 0.481 e. The molecule has 0 aliphatic heterocycles. The third-order valence-electron chi connectivity index (χ3n) is 4.23. The summed E-state index contributed by atoms with van der Waals surface area (Å²) in [6, 6.07) is 1.92. The fourth-order valence-electron chi connectivity index (χ4n) is 2.37. The zero-order valence-corrected chi connectivity index (χ0v) is 12.4. The normalized spacial score (nSPS) is 14.7. The lowest BCUT2D eigenvalue weighted by molar-refractivity contribution is -0.150. The van der Waals surface area contributed by atoms with E-state index in [2.05, 4.69) is 14.5 Å². The minimum atomic E-state index is -0.818. The summed E-state index contributed by atoms with van der Waals surface area (Å²) in [6.07, 6.45) is 3.87. The third-order valence-corrected chi connectivity index (χ3v) is 4.23. The van der Waals surface area contributed by atoms with Gasteiger partial charge in [-0.15, -0.1) is 0 Å². The molecule has 0 amide bonds. The van der Waals surface area contributed by atoms with Gasteiger partial charge in [-0.05, 0) is 25.8 Å². The quantitative estimate of drug-likeness (QED) is 0.911. The van der Waals surface area contributed by atoms with Gasteiger partial charge in [-0.3, -0.25) is 9.78 Å². The zero-order chi connectivity index (χ0) is 14.9. The Balaban J connectivity index is 2.50. The standard InChI is InChI=1S/C15H21N3O2/c1-5-18-12-6-7-16-9-11(12)17-13(18)8-15(4,10(2)3)14(19)20/h6-7,9-10H,5,8H2,1-4H3,(H,19,20). The summed E-state index contributed by atoms with van der Waals surface area (Å²) < 4.78 is 2.07. The predicted octanol–water partition coefficient (Wildman–Crippen LogP) is 2.74. The number of carbonyl (C=O) groups is 1. The van der Waals surface area contributed by atoms with Crippen molar-refractivity contribution in [2.24, 2.45) is 11.3 Å². The molecule has 2 heterocycles.